The van der Waals surface area contributed by atoms with Gasteiger partial charge >= 0.3 is 0 Å². The van der Waals surface area contributed by atoms with E-state index < -0.39 is 0 Å². The second-order valence-electron chi connectivity index (χ2n) is 6.72. The molecule has 0 radical (unpaired) electrons. The number of fused-ring (bicyclic) bond motifs is 1. The number of halogens is 1. The molecule has 0 aliphatic carbocycles. The van der Waals surface area contributed by atoms with E-state index >= 15 is 0 Å². The first kappa shape index (κ1) is 17.3. The number of anilines is 1. The maximum atomic E-state index is 9.56. The van der Waals surface area contributed by atoms with Gasteiger partial charge in [0, 0.05) is 38.3 Å². The standard InChI is InChI=1S/C20H21ClN4O/c21-19-17(12-22)16-6-7-24(13-15-4-2-1-3-5-15)14-18(16)20(23-19)25-8-10-26-11-9-25/h1-5H,6-11,13-14H2. The second kappa shape index (κ2) is 7.63. The zero-order valence-corrected chi connectivity index (χ0v) is 15.4. The van der Waals surface area contributed by atoms with Crippen LogP contribution in [0.2, 0.25) is 5.15 Å². The fourth-order valence-corrected chi connectivity index (χ4v) is 4.00. The van der Waals surface area contributed by atoms with Crippen LogP contribution < -0.4 is 4.90 Å². The number of benzene rings is 1. The van der Waals surface area contributed by atoms with Crippen molar-refractivity contribution in [3.8, 4) is 6.07 Å². The van der Waals surface area contributed by atoms with Crippen molar-refractivity contribution in [2.24, 2.45) is 0 Å². The number of aromatic nitrogens is 1. The third-order valence-electron chi connectivity index (χ3n) is 5.08. The van der Waals surface area contributed by atoms with Crippen molar-refractivity contribution in [2.45, 2.75) is 19.5 Å². The van der Waals surface area contributed by atoms with E-state index in [2.05, 4.69) is 45.1 Å². The molecule has 3 heterocycles. The topological polar surface area (TPSA) is 52.4 Å². The van der Waals surface area contributed by atoms with E-state index in [-0.39, 0.29) is 0 Å². The molecule has 0 N–H and O–H groups in total. The Morgan fingerprint density at radius 1 is 1.12 bits per heavy atom. The molecule has 1 aromatic heterocycles. The van der Waals surface area contributed by atoms with Crippen molar-refractivity contribution in [1.29, 1.82) is 5.26 Å². The molecule has 4 rings (SSSR count). The molecule has 0 atom stereocenters. The highest BCUT2D eigenvalue weighted by Gasteiger charge is 2.28. The number of ether oxygens (including phenoxy) is 1. The minimum absolute atomic E-state index is 0.323. The number of nitrogens with zero attached hydrogens (tertiary/aromatic N) is 4. The summed E-state index contributed by atoms with van der Waals surface area (Å²) in [4.78, 5) is 9.26. The molecule has 1 aromatic carbocycles. The molecular formula is C20H21ClN4O. The number of nitriles is 1. The fourth-order valence-electron chi connectivity index (χ4n) is 3.77. The van der Waals surface area contributed by atoms with Gasteiger partial charge in [-0.25, -0.2) is 4.98 Å². The summed E-state index contributed by atoms with van der Waals surface area (Å²) in [5, 5.41) is 9.88. The molecule has 2 aliphatic heterocycles. The number of hydrogen-bond donors (Lipinski definition) is 0. The molecule has 0 unspecified atom stereocenters. The Morgan fingerprint density at radius 3 is 2.62 bits per heavy atom. The van der Waals surface area contributed by atoms with Gasteiger partial charge in [-0.1, -0.05) is 41.9 Å². The predicted molar refractivity (Wildman–Crippen MR) is 101 cm³/mol. The Bertz CT molecular complexity index is 828. The van der Waals surface area contributed by atoms with Gasteiger partial charge in [0.05, 0.1) is 18.8 Å². The van der Waals surface area contributed by atoms with Crippen LogP contribution in [0.5, 0.6) is 0 Å². The van der Waals surface area contributed by atoms with Crippen LogP contribution in [0.3, 0.4) is 0 Å². The van der Waals surface area contributed by atoms with E-state index in [0.29, 0.717) is 23.9 Å². The van der Waals surface area contributed by atoms with Crippen molar-refractivity contribution < 1.29 is 4.74 Å². The van der Waals surface area contributed by atoms with E-state index in [4.69, 9.17) is 16.3 Å². The van der Waals surface area contributed by atoms with E-state index in [1.54, 1.807) is 0 Å². The minimum atomic E-state index is 0.323. The van der Waals surface area contributed by atoms with Crippen molar-refractivity contribution >= 4 is 17.4 Å². The molecular weight excluding hydrogens is 348 g/mol. The lowest BCUT2D eigenvalue weighted by Crippen LogP contribution is -2.39. The quantitative estimate of drug-likeness (QED) is 0.779. The Kier molecular flexibility index (Phi) is 5.07. The van der Waals surface area contributed by atoms with Crippen LogP contribution in [0.15, 0.2) is 30.3 Å². The molecule has 0 amide bonds. The molecule has 0 bridgehead atoms. The second-order valence-corrected chi connectivity index (χ2v) is 7.07. The van der Waals surface area contributed by atoms with Crippen LogP contribution in [0.1, 0.15) is 22.3 Å². The normalized spacial score (nSPS) is 17.6. The van der Waals surface area contributed by atoms with Gasteiger partial charge < -0.3 is 9.64 Å². The number of pyridine rings is 1. The van der Waals surface area contributed by atoms with Crippen molar-refractivity contribution in [1.82, 2.24) is 9.88 Å². The summed E-state index contributed by atoms with van der Waals surface area (Å²) in [7, 11) is 0. The molecule has 1 saturated heterocycles. The van der Waals surface area contributed by atoms with Gasteiger partial charge in [0.15, 0.2) is 0 Å². The molecule has 0 saturated carbocycles. The smallest absolute Gasteiger partial charge is 0.149 e. The summed E-state index contributed by atoms with van der Waals surface area (Å²) < 4.78 is 5.48. The Balaban J connectivity index is 1.67. The largest absolute Gasteiger partial charge is 0.378 e. The average molecular weight is 369 g/mol. The monoisotopic (exact) mass is 368 g/mol. The lowest BCUT2D eigenvalue weighted by Gasteiger charge is -2.35. The summed E-state index contributed by atoms with van der Waals surface area (Å²) >= 11 is 6.35. The van der Waals surface area contributed by atoms with Crippen LogP contribution >= 0.6 is 11.6 Å². The molecule has 6 heteroatoms. The number of hydrogen-bond acceptors (Lipinski definition) is 5. The van der Waals surface area contributed by atoms with Gasteiger partial charge in [-0.2, -0.15) is 5.26 Å². The summed E-state index contributed by atoms with van der Waals surface area (Å²) in [6.07, 6.45) is 0.824. The highest BCUT2D eigenvalue weighted by molar-refractivity contribution is 6.30. The van der Waals surface area contributed by atoms with Crippen LogP contribution in [0.25, 0.3) is 0 Å². The summed E-state index contributed by atoms with van der Waals surface area (Å²) in [6, 6.07) is 12.7. The Morgan fingerprint density at radius 2 is 1.88 bits per heavy atom. The molecule has 26 heavy (non-hydrogen) atoms. The van der Waals surface area contributed by atoms with Crippen molar-refractivity contribution in [2.75, 3.05) is 37.7 Å². The zero-order valence-electron chi connectivity index (χ0n) is 14.6. The molecule has 0 spiro atoms. The first-order chi connectivity index (χ1) is 12.8. The van der Waals surface area contributed by atoms with E-state index in [9.17, 15) is 5.26 Å². The van der Waals surface area contributed by atoms with Gasteiger partial charge in [0.1, 0.15) is 17.0 Å². The van der Waals surface area contributed by atoms with Gasteiger partial charge in [0.2, 0.25) is 0 Å². The molecule has 134 valence electrons. The van der Waals surface area contributed by atoms with Crippen LogP contribution in [0, 0.1) is 11.3 Å². The Hall–Kier alpha value is -2.13. The average Bonchev–Trinajstić information content (AvgIpc) is 2.69. The van der Waals surface area contributed by atoms with Crippen LogP contribution in [-0.2, 0) is 24.2 Å². The van der Waals surface area contributed by atoms with E-state index in [1.807, 2.05) is 6.07 Å². The third kappa shape index (κ3) is 3.41. The first-order valence-electron chi connectivity index (χ1n) is 8.96. The Labute approximate surface area is 158 Å². The fraction of sp³-hybridized carbons (Fsp3) is 0.400. The van der Waals surface area contributed by atoms with Crippen LogP contribution in [-0.4, -0.2) is 42.7 Å². The molecule has 2 aromatic rings. The summed E-state index contributed by atoms with van der Waals surface area (Å²) in [5.41, 5.74) is 4.05. The van der Waals surface area contributed by atoms with Crippen molar-refractivity contribution in [3.63, 3.8) is 0 Å². The maximum absolute atomic E-state index is 9.56. The summed E-state index contributed by atoms with van der Waals surface area (Å²) in [6.45, 7) is 5.60. The van der Waals surface area contributed by atoms with E-state index in [1.165, 1.54) is 5.56 Å². The third-order valence-corrected chi connectivity index (χ3v) is 5.35. The minimum Gasteiger partial charge on any atom is -0.378 e. The maximum Gasteiger partial charge on any atom is 0.149 e. The highest BCUT2D eigenvalue weighted by Crippen LogP contribution is 2.34. The predicted octanol–water partition coefficient (Wildman–Crippen LogP) is 3.00. The van der Waals surface area contributed by atoms with Crippen molar-refractivity contribution in [3.05, 3.63) is 57.7 Å². The van der Waals surface area contributed by atoms with E-state index in [0.717, 1.165) is 56.1 Å². The molecule has 2 aliphatic rings. The lowest BCUT2D eigenvalue weighted by atomic mass is 9.95. The SMILES string of the molecule is N#Cc1c(Cl)nc(N2CCOCC2)c2c1CCN(Cc1ccccc1)C2. The van der Waals surface area contributed by atoms with Crippen LogP contribution in [0.4, 0.5) is 5.82 Å². The summed E-state index contributed by atoms with van der Waals surface area (Å²) in [5.74, 6) is 0.921. The van der Waals surface area contributed by atoms with Gasteiger partial charge in [-0.3, -0.25) is 4.90 Å². The first-order valence-corrected chi connectivity index (χ1v) is 9.34. The molecule has 1 fully saturated rings. The number of morpholine rings is 1. The molecule has 5 nitrogen and oxygen atoms in total. The van der Waals surface area contributed by atoms with Gasteiger partial charge in [-0.15, -0.1) is 0 Å². The zero-order chi connectivity index (χ0) is 17.9. The lowest BCUT2D eigenvalue weighted by molar-refractivity contribution is 0.122. The van der Waals surface area contributed by atoms with Gasteiger partial charge in [0.25, 0.3) is 0 Å². The van der Waals surface area contributed by atoms with Gasteiger partial charge in [-0.05, 0) is 17.5 Å². The highest BCUT2D eigenvalue weighted by atomic mass is 35.5. The number of rotatable bonds is 3.